The third-order valence-electron chi connectivity index (χ3n) is 5.55. The van der Waals surface area contributed by atoms with E-state index >= 15 is 0 Å². The third kappa shape index (κ3) is 3.44. The number of fused-ring (bicyclic) bond motifs is 1. The van der Waals surface area contributed by atoms with Crippen LogP contribution in [0.2, 0.25) is 0 Å². The highest BCUT2D eigenvalue weighted by Crippen LogP contribution is 2.34. The quantitative estimate of drug-likeness (QED) is 0.655. The van der Waals surface area contributed by atoms with Gasteiger partial charge in [0.05, 0.1) is 36.2 Å². The van der Waals surface area contributed by atoms with Gasteiger partial charge < -0.3 is 15.0 Å². The van der Waals surface area contributed by atoms with E-state index in [1.54, 1.807) is 6.07 Å². The minimum atomic E-state index is -0.489. The van der Waals surface area contributed by atoms with Gasteiger partial charge in [0.1, 0.15) is 5.82 Å². The van der Waals surface area contributed by atoms with Crippen LogP contribution in [0, 0.1) is 5.41 Å². The molecule has 144 valence electrons. The van der Waals surface area contributed by atoms with Gasteiger partial charge in [-0.3, -0.25) is 14.9 Å². The number of H-pyrrole nitrogens is 1. The molecule has 0 saturated carbocycles. The highest BCUT2D eigenvalue weighted by Gasteiger charge is 2.45. The number of hydrogen-bond donors (Lipinski definition) is 3. The average molecular weight is 372 g/mol. The molecule has 2 heterocycles. The summed E-state index contributed by atoms with van der Waals surface area (Å²) in [5.41, 5.74) is 0.299. The first-order valence-corrected chi connectivity index (χ1v) is 9.06. The van der Waals surface area contributed by atoms with Crippen LogP contribution in [0.15, 0.2) is 23.0 Å². The lowest BCUT2D eigenvalue weighted by Crippen LogP contribution is -2.46. The van der Waals surface area contributed by atoms with Gasteiger partial charge in [-0.1, -0.05) is 13.8 Å². The summed E-state index contributed by atoms with van der Waals surface area (Å²) < 4.78 is 4.71. The Morgan fingerprint density at radius 2 is 2.07 bits per heavy atom. The van der Waals surface area contributed by atoms with Gasteiger partial charge in [-0.25, -0.2) is 9.78 Å². The molecule has 0 bridgehead atoms. The SMILES string of the molecule is CCC1(CC)CNC(=O)C1NCc1nc2cc(C(=O)OC)ccc2c(=O)[nH]1. The summed E-state index contributed by atoms with van der Waals surface area (Å²) in [5, 5.41) is 6.56. The fourth-order valence-corrected chi connectivity index (χ4v) is 3.68. The molecule has 1 atom stereocenters. The van der Waals surface area contributed by atoms with Gasteiger partial charge in [-0.05, 0) is 31.0 Å². The summed E-state index contributed by atoms with van der Waals surface area (Å²) in [6.07, 6.45) is 1.73. The van der Waals surface area contributed by atoms with E-state index in [1.807, 2.05) is 0 Å². The van der Waals surface area contributed by atoms with E-state index < -0.39 is 5.97 Å². The Hall–Kier alpha value is -2.74. The van der Waals surface area contributed by atoms with Crippen molar-refractivity contribution in [1.82, 2.24) is 20.6 Å². The number of esters is 1. The van der Waals surface area contributed by atoms with Crippen LogP contribution in [-0.2, 0) is 16.1 Å². The lowest BCUT2D eigenvalue weighted by molar-refractivity contribution is -0.122. The molecule has 0 spiro atoms. The summed E-state index contributed by atoms with van der Waals surface area (Å²) in [5.74, 6) is -0.109. The first-order valence-electron chi connectivity index (χ1n) is 9.06. The Kier molecular flexibility index (Phi) is 5.27. The number of methoxy groups -OCH3 is 1. The highest BCUT2D eigenvalue weighted by molar-refractivity contribution is 5.94. The molecular formula is C19H24N4O4. The van der Waals surface area contributed by atoms with Gasteiger partial charge in [0.2, 0.25) is 5.91 Å². The van der Waals surface area contributed by atoms with E-state index in [0.29, 0.717) is 28.8 Å². The molecular weight excluding hydrogens is 348 g/mol. The molecule has 1 aliphatic heterocycles. The Morgan fingerprint density at radius 3 is 2.74 bits per heavy atom. The highest BCUT2D eigenvalue weighted by atomic mass is 16.5. The largest absolute Gasteiger partial charge is 0.465 e. The number of benzene rings is 1. The standard InChI is InChI=1S/C19H24N4O4/c1-4-19(5-2)10-21-17(25)15(19)20-9-14-22-13-8-11(18(26)27-3)6-7-12(13)16(24)23-14/h6-8,15,20H,4-5,9-10H2,1-3H3,(H,21,25)(H,22,23,24). The zero-order chi connectivity index (χ0) is 19.6. The number of carbonyl (C=O) groups is 2. The molecule has 27 heavy (non-hydrogen) atoms. The van der Waals surface area contributed by atoms with Crippen molar-refractivity contribution in [3.05, 3.63) is 39.9 Å². The summed E-state index contributed by atoms with van der Waals surface area (Å²) in [7, 11) is 1.30. The normalized spacial score (nSPS) is 18.5. The van der Waals surface area contributed by atoms with Crippen LogP contribution >= 0.6 is 0 Å². The van der Waals surface area contributed by atoms with Gasteiger partial charge in [0, 0.05) is 12.0 Å². The lowest BCUT2D eigenvalue weighted by atomic mass is 9.78. The second kappa shape index (κ2) is 7.48. The van der Waals surface area contributed by atoms with Crippen LogP contribution in [0.1, 0.15) is 42.9 Å². The number of nitrogens with zero attached hydrogens (tertiary/aromatic N) is 1. The Bertz CT molecular complexity index is 933. The second-order valence-corrected chi connectivity index (χ2v) is 6.84. The molecule has 3 rings (SSSR count). The molecule has 1 aromatic carbocycles. The van der Waals surface area contributed by atoms with Crippen LogP contribution in [0.4, 0.5) is 0 Å². The molecule has 0 radical (unpaired) electrons. The van der Waals surface area contributed by atoms with Crippen LogP contribution < -0.4 is 16.2 Å². The summed E-state index contributed by atoms with van der Waals surface area (Å²) in [6, 6.07) is 4.27. The minimum absolute atomic E-state index is 0.0326. The van der Waals surface area contributed by atoms with E-state index in [1.165, 1.54) is 19.2 Å². The molecule has 1 fully saturated rings. The predicted octanol–water partition coefficient (Wildman–Crippen LogP) is 1.10. The second-order valence-electron chi connectivity index (χ2n) is 6.84. The predicted molar refractivity (Wildman–Crippen MR) is 100 cm³/mol. The van der Waals surface area contributed by atoms with Crippen molar-refractivity contribution in [2.75, 3.05) is 13.7 Å². The molecule has 1 unspecified atom stereocenters. The summed E-state index contributed by atoms with van der Waals surface area (Å²) in [4.78, 5) is 43.5. The Labute approximate surface area is 156 Å². The van der Waals surface area contributed by atoms with Gasteiger partial charge in [-0.2, -0.15) is 0 Å². The van der Waals surface area contributed by atoms with Crippen LogP contribution in [0.3, 0.4) is 0 Å². The number of rotatable bonds is 6. The number of amides is 1. The molecule has 1 aromatic heterocycles. The minimum Gasteiger partial charge on any atom is -0.465 e. The smallest absolute Gasteiger partial charge is 0.337 e. The van der Waals surface area contributed by atoms with Crippen LogP contribution in [0.5, 0.6) is 0 Å². The van der Waals surface area contributed by atoms with Gasteiger partial charge >= 0.3 is 5.97 Å². The Morgan fingerprint density at radius 1 is 1.33 bits per heavy atom. The molecule has 3 N–H and O–H groups in total. The zero-order valence-electron chi connectivity index (χ0n) is 15.7. The van der Waals surface area contributed by atoms with E-state index in [2.05, 4.69) is 34.4 Å². The maximum atomic E-state index is 12.3. The molecule has 8 nitrogen and oxygen atoms in total. The first kappa shape index (κ1) is 19.0. The first-order chi connectivity index (χ1) is 12.9. The fraction of sp³-hybridized carbons (Fsp3) is 0.474. The van der Waals surface area contributed by atoms with Crippen molar-refractivity contribution in [3.63, 3.8) is 0 Å². The average Bonchev–Trinajstić information content (AvgIpc) is 3.01. The van der Waals surface area contributed by atoms with Crippen molar-refractivity contribution in [1.29, 1.82) is 0 Å². The number of nitrogens with one attached hydrogen (secondary N) is 3. The molecule has 8 heteroatoms. The maximum absolute atomic E-state index is 12.3. The summed E-state index contributed by atoms with van der Waals surface area (Å²) >= 11 is 0. The molecule has 1 aliphatic rings. The van der Waals surface area contributed by atoms with Gasteiger partial charge in [-0.15, -0.1) is 0 Å². The van der Waals surface area contributed by atoms with Crippen molar-refractivity contribution in [2.24, 2.45) is 5.41 Å². The molecule has 2 aromatic rings. The maximum Gasteiger partial charge on any atom is 0.337 e. The topological polar surface area (TPSA) is 113 Å². The Balaban J connectivity index is 1.87. The molecule has 1 saturated heterocycles. The summed E-state index contributed by atoms with van der Waals surface area (Å²) in [6.45, 7) is 5.03. The number of carbonyl (C=O) groups excluding carboxylic acids is 2. The molecule has 0 aliphatic carbocycles. The van der Waals surface area contributed by atoms with Gasteiger partial charge in [0.15, 0.2) is 0 Å². The van der Waals surface area contributed by atoms with Crippen LogP contribution in [0.25, 0.3) is 10.9 Å². The number of aromatic amines is 1. The van der Waals surface area contributed by atoms with Crippen LogP contribution in [-0.4, -0.2) is 41.5 Å². The molecule has 1 amide bonds. The van der Waals surface area contributed by atoms with Crippen molar-refractivity contribution in [2.45, 2.75) is 39.3 Å². The fourth-order valence-electron chi connectivity index (χ4n) is 3.68. The zero-order valence-corrected chi connectivity index (χ0v) is 15.7. The van der Waals surface area contributed by atoms with E-state index in [4.69, 9.17) is 4.74 Å². The van der Waals surface area contributed by atoms with Crippen molar-refractivity contribution in [3.8, 4) is 0 Å². The number of ether oxygens (including phenoxy) is 1. The van der Waals surface area contributed by atoms with Crippen molar-refractivity contribution < 1.29 is 14.3 Å². The number of aromatic nitrogens is 2. The van der Waals surface area contributed by atoms with E-state index in [0.717, 1.165) is 12.8 Å². The third-order valence-corrected chi connectivity index (χ3v) is 5.55. The van der Waals surface area contributed by atoms with Crippen molar-refractivity contribution >= 4 is 22.8 Å². The van der Waals surface area contributed by atoms with Gasteiger partial charge in [0.25, 0.3) is 5.56 Å². The monoisotopic (exact) mass is 372 g/mol. The van der Waals surface area contributed by atoms with E-state index in [9.17, 15) is 14.4 Å². The number of hydrogen-bond acceptors (Lipinski definition) is 6. The van der Waals surface area contributed by atoms with E-state index in [-0.39, 0.29) is 29.5 Å². The lowest BCUT2D eigenvalue weighted by Gasteiger charge is -2.31.